The van der Waals surface area contributed by atoms with Crippen LogP contribution in [0, 0.1) is 0 Å². The number of nitrogens with one attached hydrogen (secondary N) is 2. The van der Waals surface area contributed by atoms with Crippen LogP contribution in [-0.2, 0) is 15.4 Å². The number of hydrogen-bond acceptors (Lipinski definition) is 5. The minimum absolute atomic E-state index is 0. The topological polar surface area (TPSA) is 110 Å². The standard InChI is InChI=1S/C26H27N3O5S.K/c1-26(2,3)22-15-20(29-11-10-23(30)27-25(29)31)14-21(24(22)34-4)18-7-6-17-13-19(28-35(5,32)33)9-8-16(17)12-18;/h6-15,28H,1-5H3,(H,27,30,31);. The second kappa shape index (κ2) is 10.6. The number of ether oxygens (including phenoxy) is 1. The zero-order valence-corrected chi connectivity index (χ0v) is 25.1. The van der Waals surface area contributed by atoms with Gasteiger partial charge in [0.15, 0.2) is 0 Å². The van der Waals surface area contributed by atoms with Gasteiger partial charge < -0.3 is 4.74 Å². The molecule has 1 radical (unpaired) electrons. The van der Waals surface area contributed by atoms with Crippen molar-refractivity contribution in [2.24, 2.45) is 0 Å². The second-order valence-corrected chi connectivity index (χ2v) is 11.2. The quantitative estimate of drug-likeness (QED) is 0.382. The molecule has 10 heteroatoms. The first-order valence-electron chi connectivity index (χ1n) is 10.9. The van der Waals surface area contributed by atoms with Gasteiger partial charge in [0, 0.05) is 80.5 Å². The Kier molecular flexibility index (Phi) is 8.39. The minimum atomic E-state index is -3.38. The molecule has 0 spiro atoms. The van der Waals surface area contributed by atoms with E-state index in [-0.39, 0.29) is 56.8 Å². The first kappa shape index (κ1) is 28.4. The fourth-order valence-electron chi connectivity index (χ4n) is 4.06. The van der Waals surface area contributed by atoms with Crippen LogP contribution in [-0.4, -0.2) is 82.7 Å². The summed E-state index contributed by atoms with van der Waals surface area (Å²) in [4.78, 5) is 26.4. The average Bonchev–Trinajstić information content (AvgIpc) is 2.76. The molecule has 0 saturated heterocycles. The number of aromatic nitrogens is 2. The number of methoxy groups -OCH3 is 1. The summed E-state index contributed by atoms with van der Waals surface area (Å²) in [5.41, 5.74) is 2.34. The van der Waals surface area contributed by atoms with Crippen molar-refractivity contribution in [2.45, 2.75) is 26.2 Å². The summed E-state index contributed by atoms with van der Waals surface area (Å²) in [6.07, 6.45) is 2.57. The van der Waals surface area contributed by atoms with Crippen LogP contribution in [0.5, 0.6) is 5.75 Å². The van der Waals surface area contributed by atoms with E-state index in [0.29, 0.717) is 17.1 Å². The summed E-state index contributed by atoms with van der Waals surface area (Å²) in [5, 5.41) is 1.78. The number of H-pyrrole nitrogens is 1. The summed E-state index contributed by atoms with van der Waals surface area (Å²) in [6.45, 7) is 6.18. The van der Waals surface area contributed by atoms with Crippen LogP contribution in [0.2, 0.25) is 0 Å². The Hall–Kier alpha value is -2.21. The fraction of sp³-hybridized carbons (Fsp3) is 0.231. The Labute approximate surface area is 252 Å². The van der Waals surface area contributed by atoms with Crippen LogP contribution < -0.4 is 20.7 Å². The van der Waals surface area contributed by atoms with Crippen molar-refractivity contribution in [3.05, 3.63) is 87.2 Å². The second-order valence-electron chi connectivity index (χ2n) is 9.46. The predicted molar refractivity (Wildman–Crippen MR) is 145 cm³/mol. The van der Waals surface area contributed by atoms with Crippen molar-refractivity contribution >= 4 is 77.9 Å². The molecule has 36 heavy (non-hydrogen) atoms. The van der Waals surface area contributed by atoms with Crippen LogP contribution in [0.25, 0.3) is 27.6 Å². The summed E-state index contributed by atoms with van der Waals surface area (Å²) in [5.74, 6) is 0.688. The molecule has 4 rings (SSSR count). The number of rotatable bonds is 5. The molecule has 8 nitrogen and oxygen atoms in total. The van der Waals surface area contributed by atoms with Crippen molar-refractivity contribution in [2.75, 3.05) is 18.1 Å². The Morgan fingerprint density at radius 2 is 1.61 bits per heavy atom. The Bertz CT molecular complexity index is 1670. The van der Waals surface area contributed by atoms with E-state index in [9.17, 15) is 18.0 Å². The fourth-order valence-corrected chi connectivity index (χ4v) is 4.61. The van der Waals surface area contributed by atoms with Gasteiger partial charge in [-0.2, -0.15) is 0 Å². The first-order valence-corrected chi connectivity index (χ1v) is 12.8. The Balaban J connectivity index is 0.00000361. The van der Waals surface area contributed by atoms with Crippen molar-refractivity contribution < 1.29 is 13.2 Å². The van der Waals surface area contributed by atoms with Gasteiger partial charge in [-0.15, -0.1) is 0 Å². The normalized spacial score (nSPS) is 11.7. The summed E-state index contributed by atoms with van der Waals surface area (Å²) in [6, 6.07) is 16.2. The van der Waals surface area contributed by atoms with Crippen molar-refractivity contribution in [1.29, 1.82) is 0 Å². The van der Waals surface area contributed by atoms with Gasteiger partial charge in [-0.05, 0) is 52.1 Å². The summed E-state index contributed by atoms with van der Waals surface area (Å²) < 4.78 is 32.9. The van der Waals surface area contributed by atoms with Gasteiger partial charge >= 0.3 is 5.69 Å². The van der Waals surface area contributed by atoms with E-state index < -0.39 is 21.3 Å². The smallest absolute Gasteiger partial charge is 0.332 e. The molecule has 183 valence electrons. The molecular weight excluding hydrogens is 505 g/mol. The van der Waals surface area contributed by atoms with Gasteiger partial charge in [0.2, 0.25) is 10.0 Å². The molecule has 1 heterocycles. The van der Waals surface area contributed by atoms with Gasteiger partial charge in [-0.1, -0.05) is 39.0 Å². The van der Waals surface area contributed by atoms with E-state index in [1.807, 2.05) is 36.4 Å². The summed E-state index contributed by atoms with van der Waals surface area (Å²) >= 11 is 0. The van der Waals surface area contributed by atoms with Gasteiger partial charge in [-0.3, -0.25) is 19.1 Å². The predicted octanol–water partition coefficient (Wildman–Crippen LogP) is 3.64. The van der Waals surface area contributed by atoms with Crippen LogP contribution in [0.4, 0.5) is 5.69 Å². The maximum Gasteiger partial charge on any atom is 0.332 e. The number of anilines is 1. The average molecular weight is 533 g/mol. The molecule has 0 unspecified atom stereocenters. The molecule has 0 aliphatic carbocycles. The molecule has 4 aromatic rings. The monoisotopic (exact) mass is 532 g/mol. The van der Waals surface area contributed by atoms with E-state index >= 15 is 0 Å². The van der Waals surface area contributed by atoms with Crippen LogP contribution in [0.15, 0.2) is 70.4 Å². The maximum absolute atomic E-state index is 12.5. The van der Waals surface area contributed by atoms with E-state index in [2.05, 4.69) is 30.5 Å². The molecule has 0 fully saturated rings. The molecule has 1 aromatic heterocycles. The Morgan fingerprint density at radius 3 is 2.22 bits per heavy atom. The van der Waals surface area contributed by atoms with Crippen molar-refractivity contribution in [3.63, 3.8) is 0 Å². The maximum atomic E-state index is 12.5. The number of aromatic amines is 1. The van der Waals surface area contributed by atoms with Crippen molar-refractivity contribution in [1.82, 2.24) is 9.55 Å². The number of nitrogens with zero attached hydrogens (tertiary/aromatic N) is 1. The van der Waals surface area contributed by atoms with Crippen LogP contribution in [0.1, 0.15) is 26.3 Å². The van der Waals surface area contributed by atoms with Crippen molar-refractivity contribution in [3.8, 4) is 22.6 Å². The van der Waals surface area contributed by atoms with E-state index in [1.54, 1.807) is 19.2 Å². The van der Waals surface area contributed by atoms with Crippen LogP contribution >= 0.6 is 0 Å². The van der Waals surface area contributed by atoms with Gasteiger partial charge in [0.25, 0.3) is 5.56 Å². The van der Waals surface area contributed by atoms with E-state index in [0.717, 1.165) is 33.7 Å². The number of sulfonamides is 1. The first-order chi connectivity index (χ1) is 16.4. The molecule has 3 aromatic carbocycles. The molecule has 2 N–H and O–H groups in total. The number of fused-ring (bicyclic) bond motifs is 1. The largest absolute Gasteiger partial charge is 0.496 e. The third kappa shape index (κ3) is 6.19. The van der Waals surface area contributed by atoms with Gasteiger partial charge in [0.1, 0.15) is 5.75 Å². The molecule has 0 aliphatic heterocycles. The zero-order chi connectivity index (χ0) is 25.5. The molecule has 0 atom stereocenters. The van der Waals surface area contributed by atoms with E-state index in [4.69, 9.17) is 4.74 Å². The van der Waals surface area contributed by atoms with E-state index in [1.165, 1.54) is 16.8 Å². The molecule has 0 amide bonds. The molecular formula is C26H27KN3O5S. The minimum Gasteiger partial charge on any atom is -0.496 e. The molecule has 0 saturated carbocycles. The summed E-state index contributed by atoms with van der Waals surface area (Å²) in [7, 11) is -1.76. The Morgan fingerprint density at radius 1 is 0.944 bits per heavy atom. The SMILES string of the molecule is COc1c(-c2ccc3cc(NS(C)(=O)=O)ccc3c2)cc(-n2ccc(=O)[nH]c2=O)cc1C(C)(C)C.[K]. The zero-order valence-electron chi connectivity index (χ0n) is 21.2. The third-order valence-corrected chi connectivity index (χ3v) is 6.25. The number of hydrogen-bond donors (Lipinski definition) is 2. The van der Waals surface area contributed by atoms with Gasteiger partial charge in [0.05, 0.1) is 19.1 Å². The number of benzene rings is 3. The van der Waals surface area contributed by atoms with Crippen LogP contribution in [0.3, 0.4) is 0 Å². The van der Waals surface area contributed by atoms with Gasteiger partial charge in [-0.25, -0.2) is 13.2 Å². The molecule has 0 aliphatic rings. The molecule has 0 bridgehead atoms. The third-order valence-electron chi connectivity index (χ3n) is 5.64.